The lowest BCUT2D eigenvalue weighted by atomic mass is 10.2. The van der Waals surface area contributed by atoms with Gasteiger partial charge >= 0.3 is 12.1 Å². The number of nitrogens with zero attached hydrogens (tertiary/aromatic N) is 3. The molecule has 0 unspecified atom stereocenters. The smallest absolute Gasteiger partial charge is 0.434 e. The highest BCUT2D eigenvalue weighted by molar-refractivity contribution is 5.96. The number of aliphatic carboxylic acids is 1. The number of hydrogen-bond acceptors (Lipinski definition) is 3. The summed E-state index contributed by atoms with van der Waals surface area (Å²) in [5.74, 6) is -2.39. The van der Waals surface area contributed by atoms with Gasteiger partial charge in [-0.05, 0) is 19.1 Å². The van der Waals surface area contributed by atoms with Gasteiger partial charge in [-0.25, -0.2) is 4.68 Å². The molecule has 128 valence electrons. The molecule has 0 fully saturated rings. The molecule has 0 aliphatic carbocycles. The van der Waals surface area contributed by atoms with Crippen LogP contribution in [0.15, 0.2) is 30.5 Å². The van der Waals surface area contributed by atoms with Gasteiger partial charge in [-0.2, -0.15) is 18.3 Å². The first-order chi connectivity index (χ1) is 11.1. The maximum absolute atomic E-state index is 13.4. The largest absolute Gasteiger partial charge is 0.480 e. The van der Waals surface area contributed by atoms with Crippen molar-refractivity contribution >= 4 is 11.9 Å². The summed E-state index contributed by atoms with van der Waals surface area (Å²) >= 11 is 0. The van der Waals surface area contributed by atoms with Crippen LogP contribution in [0.5, 0.6) is 0 Å². The average molecular weight is 341 g/mol. The molecule has 0 spiro atoms. The number of carbonyl (C=O) groups is 2. The Hall–Kier alpha value is -2.84. The summed E-state index contributed by atoms with van der Waals surface area (Å²) < 4.78 is 41.0. The lowest BCUT2D eigenvalue weighted by Gasteiger charge is -2.16. The molecule has 6 nitrogen and oxygen atoms in total. The summed E-state index contributed by atoms with van der Waals surface area (Å²) in [6, 6.07) is 6.14. The van der Waals surface area contributed by atoms with E-state index in [1.165, 1.54) is 12.1 Å². The molecule has 2 aromatic rings. The van der Waals surface area contributed by atoms with E-state index in [4.69, 9.17) is 5.11 Å². The number of aryl methyl sites for hydroxylation is 1. The molecule has 1 N–H and O–H groups in total. The van der Waals surface area contributed by atoms with Crippen molar-refractivity contribution in [3.63, 3.8) is 0 Å². The molecule has 24 heavy (non-hydrogen) atoms. The summed E-state index contributed by atoms with van der Waals surface area (Å²) in [5.41, 5.74) is -0.940. The van der Waals surface area contributed by atoms with Crippen molar-refractivity contribution in [2.24, 2.45) is 0 Å². The van der Waals surface area contributed by atoms with Crippen molar-refractivity contribution in [3.05, 3.63) is 47.3 Å². The Morgan fingerprint density at radius 2 is 1.83 bits per heavy atom. The van der Waals surface area contributed by atoms with E-state index in [2.05, 4.69) is 5.10 Å². The number of halogens is 3. The lowest BCUT2D eigenvalue weighted by Crippen LogP contribution is -2.33. The molecule has 0 saturated carbocycles. The van der Waals surface area contributed by atoms with Crippen LogP contribution in [-0.2, 0) is 11.0 Å². The molecule has 0 atom stereocenters. The minimum absolute atomic E-state index is 0.146. The zero-order chi connectivity index (χ0) is 18.1. The van der Waals surface area contributed by atoms with Crippen molar-refractivity contribution in [1.29, 1.82) is 0 Å². The Bertz CT molecular complexity index is 767. The highest BCUT2D eigenvalue weighted by Gasteiger charge is 2.41. The van der Waals surface area contributed by atoms with Gasteiger partial charge in [0, 0.05) is 7.05 Å². The van der Waals surface area contributed by atoms with Crippen LogP contribution in [0, 0.1) is 6.92 Å². The topological polar surface area (TPSA) is 75.4 Å². The van der Waals surface area contributed by atoms with Crippen molar-refractivity contribution in [1.82, 2.24) is 14.7 Å². The highest BCUT2D eigenvalue weighted by atomic mass is 19.4. The summed E-state index contributed by atoms with van der Waals surface area (Å²) in [7, 11) is 1.11. The Morgan fingerprint density at radius 3 is 2.33 bits per heavy atom. The van der Waals surface area contributed by atoms with Crippen LogP contribution in [0.1, 0.15) is 21.6 Å². The number of hydrogen-bond donors (Lipinski definition) is 1. The quantitative estimate of drug-likeness (QED) is 0.926. The average Bonchev–Trinajstić information content (AvgIpc) is 2.91. The van der Waals surface area contributed by atoms with Crippen LogP contribution in [-0.4, -0.2) is 45.3 Å². The van der Waals surface area contributed by atoms with E-state index in [1.54, 1.807) is 19.1 Å². The third-order valence-electron chi connectivity index (χ3n) is 3.27. The van der Waals surface area contributed by atoms with Gasteiger partial charge in [-0.3, -0.25) is 9.59 Å². The molecule has 0 aliphatic heterocycles. The molecule has 1 aromatic carbocycles. The third kappa shape index (κ3) is 3.55. The predicted molar refractivity (Wildman–Crippen MR) is 77.9 cm³/mol. The molecule has 0 bridgehead atoms. The van der Waals surface area contributed by atoms with E-state index in [0.717, 1.165) is 18.8 Å². The van der Waals surface area contributed by atoms with Crippen LogP contribution < -0.4 is 0 Å². The molecule has 2 rings (SSSR count). The first-order valence-corrected chi connectivity index (χ1v) is 6.80. The van der Waals surface area contributed by atoms with Crippen LogP contribution >= 0.6 is 0 Å². The summed E-state index contributed by atoms with van der Waals surface area (Å²) in [6.45, 7) is 1.07. The number of likely N-dealkylation sites (N-methyl/N-ethyl adjacent to an activating group) is 1. The van der Waals surface area contributed by atoms with E-state index in [-0.39, 0.29) is 5.69 Å². The predicted octanol–water partition coefficient (Wildman–Crippen LogP) is 2.36. The lowest BCUT2D eigenvalue weighted by molar-refractivity contribution is -0.143. The summed E-state index contributed by atoms with van der Waals surface area (Å²) in [5, 5.41) is 12.3. The van der Waals surface area contributed by atoms with Gasteiger partial charge in [0.15, 0.2) is 5.69 Å². The number of carbonyl (C=O) groups excluding carboxylic acids is 1. The maximum atomic E-state index is 13.4. The zero-order valence-corrected chi connectivity index (χ0v) is 12.8. The summed E-state index contributed by atoms with van der Waals surface area (Å²) in [4.78, 5) is 23.5. The molecule has 0 saturated heterocycles. The van der Waals surface area contributed by atoms with Gasteiger partial charge in [0.05, 0.1) is 17.4 Å². The van der Waals surface area contributed by atoms with Gasteiger partial charge in [0.25, 0.3) is 5.91 Å². The molecular formula is C15H14F3N3O3. The molecule has 1 amide bonds. The highest BCUT2D eigenvalue weighted by Crippen LogP contribution is 2.34. The van der Waals surface area contributed by atoms with Crippen LogP contribution in [0.4, 0.5) is 13.2 Å². The van der Waals surface area contributed by atoms with Crippen LogP contribution in [0.3, 0.4) is 0 Å². The third-order valence-corrected chi connectivity index (χ3v) is 3.27. The van der Waals surface area contributed by atoms with E-state index in [0.29, 0.717) is 9.58 Å². The molecule has 1 heterocycles. The van der Waals surface area contributed by atoms with E-state index in [1.807, 2.05) is 0 Å². The Morgan fingerprint density at radius 1 is 1.25 bits per heavy atom. The fourth-order valence-corrected chi connectivity index (χ4v) is 2.14. The van der Waals surface area contributed by atoms with Crippen molar-refractivity contribution < 1.29 is 27.9 Å². The first-order valence-electron chi connectivity index (χ1n) is 6.80. The van der Waals surface area contributed by atoms with E-state index < -0.39 is 35.9 Å². The number of carboxylic acid groups (broad SMARTS) is 1. The monoisotopic (exact) mass is 341 g/mol. The second kappa shape index (κ2) is 6.34. The molecule has 0 radical (unpaired) electrons. The van der Waals surface area contributed by atoms with Crippen molar-refractivity contribution in [2.45, 2.75) is 13.1 Å². The molecule has 9 heteroatoms. The fourth-order valence-electron chi connectivity index (χ4n) is 2.14. The van der Waals surface area contributed by atoms with Crippen LogP contribution in [0.2, 0.25) is 0 Å². The zero-order valence-electron chi connectivity index (χ0n) is 12.8. The molecule has 0 aliphatic rings. The molecule has 1 aromatic heterocycles. The van der Waals surface area contributed by atoms with Crippen molar-refractivity contribution in [2.75, 3.05) is 13.6 Å². The second-order valence-corrected chi connectivity index (χ2v) is 5.21. The summed E-state index contributed by atoms with van der Waals surface area (Å²) in [6.07, 6.45) is -4.04. The van der Waals surface area contributed by atoms with Crippen molar-refractivity contribution in [3.8, 4) is 5.69 Å². The number of aromatic nitrogens is 2. The first kappa shape index (κ1) is 17.5. The van der Waals surface area contributed by atoms with Gasteiger partial charge in [-0.1, -0.05) is 17.7 Å². The van der Waals surface area contributed by atoms with Gasteiger partial charge in [0.2, 0.25) is 0 Å². The minimum atomic E-state index is -4.84. The Labute approximate surface area is 135 Å². The SMILES string of the molecule is Cc1ccc(-n2ncc(C(=O)N(C)CC(=O)O)c2C(F)(F)F)cc1. The maximum Gasteiger partial charge on any atom is 0.434 e. The number of benzene rings is 1. The van der Waals surface area contributed by atoms with E-state index >= 15 is 0 Å². The van der Waals surface area contributed by atoms with Gasteiger partial charge < -0.3 is 10.0 Å². The number of alkyl halides is 3. The molecular weight excluding hydrogens is 327 g/mol. The van der Waals surface area contributed by atoms with E-state index in [9.17, 15) is 22.8 Å². The van der Waals surface area contributed by atoms with Gasteiger partial charge in [0.1, 0.15) is 6.54 Å². The number of amides is 1. The second-order valence-electron chi connectivity index (χ2n) is 5.21. The van der Waals surface area contributed by atoms with Crippen LogP contribution in [0.25, 0.3) is 5.69 Å². The number of carboxylic acids is 1. The minimum Gasteiger partial charge on any atom is -0.480 e. The van der Waals surface area contributed by atoms with Gasteiger partial charge in [-0.15, -0.1) is 0 Å². The standard InChI is InChI=1S/C15H14F3N3O3/c1-9-3-5-10(6-4-9)21-13(15(16,17)18)11(7-19-21)14(24)20(2)8-12(22)23/h3-7H,8H2,1-2H3,(H,22,23). The normalized spacial score (nSPS) is 11.4. The Kier molecular flexibility index (Phi) is 4.63. The fraction of sp³-hybridized carbons (Fsp3) is 0.267. The number of rotatable bonds is 4. The Balaban J connectivity index is 2.53.